The van der Waals surface area contributed by atoms with Gasteiger partial charge in [0.05, 0.1) is 19.9 Å². The van der Waals surface area contributed by atoms with Gasteiger partial charge in [0.25, 0.3) is 0 Å². The summed E-state index contributed by atoms with van der Waals surface area (Å²) in [6.45, 7) is 4.51. The van der Waals surface area contributed by atoms with Gasteiger partial charge in [0.2, 0.25) is 0 Å². The topological polar surface area (TPSA) is 54.9 Å². The predicted octanol–water partition coefficient (Wildman–Crippen LogP) is 3.72. The molecule has 0 heterocycles. The van der Waals surface area contributed by atoms with Gasteiger partial charge in [0, 0.05) is 5.69 Å². The molecule has 0 aliphatic rings. The fourth-order valence-corrected chi connectivity index (χ4v) is 2.23. The molecule has 0 saturated heterocycles. The van der Waals surface area contributed by atoms with E-state index in [4.69, 9.17) is 21.7 Å². The molecule has 2 aromatic rings. The van der Waals surface area contributed by atoms with Gasteiger partial charge in [-0.05, 0) is 61.5 Å². The van der Waals surface area contributed by atoms with Crippen molar-refractivity contribution in [3.63, 3.8) is 0 Å². The molecule has 0 atom stereocenters. The van der Waals surface area contributed by atoms with E-state index in [1.807, 2.05) is 56.3 Å². The van der Waals surface area contributed by atoms with Gasteiger partial charge in [-0.3, -0.25) is 5.43 Å². The quantitative estimate of drug-likeness (QED) is 0.476. The zero-order valence-electron chi connectivity index (χ0n) is 14.0. The number of aryl methyl sites for hydroxylation is 1. The Morgan fingerprint density at radius 3 is 2.71 bits per heavy atom. The first-order chi connectivity index (χ1) is 11.6. The van der Waals surface area contributed by atoms with Crippen molar-refractivity contribution in [1.29, 1.82) is 0 Å². The minimum Gasteiger partial charge on any atom is -0.493 e. The Hall–Kier alpha value is -2.60. The van der Waals surface area contributed by atoms with Gasteiger partial charge in [-0.15, -0.1) is 0 Å². The highest BCUT2D eigenvalue weighted by Gasteiger charge is 2.04. The number of hydrogen-bond donors (Lipinski definition) is 2. The van der Waals surface area contributed by atoms with Crippen molar-refractivity contribution in [3.05, 3.63) is 53.6 Å². The minimum atomic E-state index is 0.430. The molecule has 0 bridgehead atoms. The van der Waals surface area contributed by atoms with Crippen LogP contribution in [0, 0.1) is 6.92 Å². The van der Waals surface area contributed by atoms with Crippen molar-refractivity contribution in [2.24, 2.45) is 5.10 Å². The molecule has 126 valence electrons. The van der Waals surface area contributed by atoms with Crippen LogP contribution in [0.1, 0.15) is 18.1 Å². The number of nitrogens with zero attached hydrogens (tertiary/aromatic N) is 1. The molecule has 0 radical (unpaired) electrons. The number of nitrogens with one attached hydrogen (secondary N) is 2. The molecule has 0 saturated carbocycles. The fraction of sp³-hybridized carbons (Fsp3) is 0.222. The van der Waals surface area contributed by atoms with Crippen LogP contribution in [-0.2, 0) is 0 Å². The van der Waals surface area contributed by atoms with Gasteiger partial charge in [-0.1, -0.05) is 18.2 Å². The lowest BCUT2D eigenvalue weighted by molar-refractivity contribution is 0.311. The number of rotatable bonds is 6. The second-order valence-electron chi connectivity index (χ2n) is 4.98. The number of methoxy groups -OCH3 is 1. The lowest BCUT2D eigenvalue weighted by Crippen LogP contribution is -2.24. The molecule has 6 heteroatoms. The van der Waals surface area contributed by atoms with E-state index < -0.39 is 0 Å². The van der Waals surface area contributed by atoms with E-state index in [2.05, 4.69) is 15.8 Å². The third kappa shape index (κ3) is 4.96. The number of hydrazone groups is 1. The maximum atomic E-state index is 5.54. The van der Waals surface area contributed by atoms with Crippen molar-refractivity contribution in [2.45, 2.75) is 13.8 Å². The van der Waals surface area contributed by atoms with Crippen LogP contribution in [0.3, 0.4) is 0 Å². The molecule has 0 fully saturated rings. The van der Waals surface area contributed by atoms with Crippen molar-refractivity contribution >= 4 is 29.2 Å². The standard InChI is InChI=1S/C18H21N3O2S/c1-4-23-17-11-14(9-10-16(17)22-3)12-19-21-18(24)20-15-8-6-5-7-13(15)2/h5-12H,4H2,1-3H3,(H2,20,21,24)/b19-12-. The summed E-state index contributed by atoms with van der Waals surface area (Å²) in [5.41, 5.74) is 5.75. The maximum absolute atomic E-state index is 5.54. The van der Waals surface area contributed by atoms with Crippen LogP contribution in [0.4, 0.5) is 5.69 Å². The van der Waals surface area contributed by atoms with E-state index in [9.17, 15) is 0 Å². The van der Waals surface area contributed by atoms with Gasteiger partial charge in [0.1, 0.15) is 0 Å². The normalized spacial score (nSPS) is 10.5. The van der Waals surface area contributed by atoms with Gasteiger partial charge in [0.15, 0.2) is 16.6 Å². The molecule has 2 rings (SSSR count). The number of anilines is 1. The van der Waals surface area contributed by atoms with Gasteiger partial charge >= 0.3 is 0 Å². The number of benzene rings is 2. The number of para-hydroxylation sites is 1. The molecule has 0 spiro atoms. The van der Waals surface area contributed by atoms with Crippen LogP contribution in [0.25, 0.3) is 0 Å². The Morgan fingerprint density at radius 1 is 1.21 bits per heavy atom. The van der Waals surface area contributed by atoms with Crippen LogP contribution in [-0.4, -0.2) is 25.0 Å². The van der Waals surface area contributed by atoms with Crippen LogP contribution < -0.4 is 20.2 Å². The molecular formula is C18H21N3O2S. The Balaban J connectivity index is 1.97. The van der Waals surface area contributed by atoms with Gasteiger partial charge in [-0.25, -0.2) is 0 Å². The van der Waals surface area contributed by atoms with Crippen molar-refractivity contribution < 1.29 is 9.47 Å². The first-order valence-corrected chi connectivity index (χ1v) is 8.01. The van der Waals surface area contributed by atoms with E-state index in [0.29, 0.717) is 23.2 Å². The minimum absolute atomic E-state index is 0.430. The second kappa shape index (κ2) is 8.88. The maximum Gasteiger partial charge on any atom is 0.191 e. The number of hydrogen-bond acceptors (Lipinski definition) is 4. The first kappa shape index (κ1) is 17.7. The molecule has 24 heavy (non-hydrogen) atoms. The fourth-order valence-electron chi connectivity index (χ4n) is 2.07. The first-order valence-electron chi connectivity index (χ1n) is 7.60. The third-order valence-electron chi connectivity index (χ3n) is 3.26. The molecule has 5 nitrogen and oxygen atoms in total. The van der Waals surface area contributed by atoms with Crippen LogP contribution >= 0.6 is 12.2 Å². The molecule has 2 N–H and O–H groups in total. The van der Waals surface area contributed by atoms with Crippen LogP contribution in [0.5, 0.6) is 11.5 Å². The summed E-state index contributed by atoms with van der Waals surface area (Å²) >= 11 is 5.24. The van der Waals surface area contributed by atoms with E-state index >= 15 is 0 Å². The molecule has 0 aromatic heterocycles. The summed E-state index contributed by atoms with van der Waals surface area (Å²) in [6, 6.07) is 13.5. The lowest BCUT2D eigenvalue weighted by Gasteiger charge is -2.10. The highest BCUT2D eigenvalue weighted by Crippen LogP contribution is 2.27. The van der Waals surface area contributed by atoms with E-state index in [1.54, 1.807) is 13.3 Å². The molecule has 0 amide bonds. The zero-order chi connectivity index (χ0) is 17.4. The van der Waals surface area contributed by atoms with E-state index in [0.717, 1.165) is 16.8 Å². The van der Waals surface area contributed by atoms with Crippen molar-refractivity contribution in [2.75, 3.05) is 19.0 Å². The summed E-state index contributed by atoms with van der Waals surface area (Å²) in [7, 11) is 1.61. The zero-order valence-corrected chi connectivity index (χ0v) is 14.8. The average molecular weight is 343 g/mol. The smallest absolute Gasteiger partial charge is 0.191 e. The predicted molar refractivity (Wildman–Crippen MR) is 102 cm³/mol. The molecular weight excluding hydrogens is 322 g/mol. The summed E-state index contributed by atoms with van der Waals surface area (Å²) in [4.78, 5) is 0. The van der Waals surface area contributed by atoms with E-state index in [-0.39, 0.29) is 0 Å². The van der Waals surface area contributed by atoms with Crippen molar-refractivity contribution in [3.8, 4) is 11.5 Å². The largest absolute Gasteiger partial charge is 0.493 e. The SMILES string of the molecule is CCOc1cc(/C=N\NC(=S)Nc2ccccc2C)ccc1OC. The third-order valence-corrected chi connectivity index (χ3v) is 3.45. The second-order valence-corrected chi connectivity index (χ2v) is 5.39. The highest BCUT2D eigenvalue weighted by molar-refractivity contribution is 7.80. The Morgan fingerprint density at radius 2 is 2.00 bits per heavy atom. The number of ether oxygens (including phenoxy) is 2. The van der Waals surface area contributed by atoms with Gasteiger partial charge < -0.3 is 14.8 Å². The van der Waals surface area contributed by atoms with Crippen LogP contribution in [0.15, 0.2) is 47.6 Å². The Labute approximate surface area is 147 Å². The average Bonchev–Trinajstić information content (AvgIpc) is 2.57. The molecule has 0 aliphatic carbocycles. The van der Waals surface area contributed by atoms with E-state index in [1.165, 1.54) is 0 Å². The Bertz CT molecular complexity index is 732. The monoisotopic (exact) mass is 343 g/mol. The summed E-state index contributed by atoms with van der Waals surface area (Å²) in [5, 5.41) is 7.69. The summed E-state index contributed by atoms with van der Waals surface area (Å²) in [5.74, 6) is 1.38. The van der Waals surface area contributed by atoms with Crippen molar-refractivity contribution in [1.82, 2.24) is 5.43 Å². The number of thiocarbonyl (C=S) groups is 1. The molecule has 0 unspecified atom stereocenters. The van der Waals surface area contributed by atoms with Crippen LogP contribution in [0.2, 0.25) is 0 Å². The molecule has 0 aliphatic heterocycles. The lowest BCUT2D eigenvalue weighted by atomic mass is 10.2. The Kier molecular flexibility index (Phi) is 6.57. The highest BCUT2D eigenvalue weighted by atomic mass is 32.1. The van der Waals surface area contributed by atoms with Gasteiger partial charge in [-0.2, -0.15) is 5.10 Å². The molecule has 2 aromatic carbocycles. The summed E-state index contributed by atoms with van der Waals surface area (Å²) in [6.07, 6.45) is 1.67. The summed E-state index contributed by atoms with van der Waals surface area (Å²) < 4.78 is 10.8.